The van der Waals surface area contributed by atoms with Crippen LogP contribution in [0.2, 0.25) is 0 Å². The van der Waals surface area contributed by atoms with E-state index in [1.54, 1.807) is 0 Å². The van der Waals surface area contributed by atoms with Gasteiger partial charge in [-0.05, 0) is 24.1 Å². The molecule has 1 heteroatoms. The summed E-state index contributed by atoms with van der Waals surface area (Å²) in [7, 11) is -0.463. The first-order valence-electron chi connectivity index (χ1n) is 7.73. The lowest BCUT2D eigenvalue weighted by atomic mass is 10.2. The summed E-state index contributed by atoms with van der Waals surface area (Å²) in [6, 6.07) is 31.8. The van der Waals surface area contributed by atoms with E-state index in [2.05, 4.69) is 109 Å². The van der Waals surface area contributed by atoms with Crippen LogP contribution in [0.1, 0.15) is 5.56 Å². The standard InChI is InChI=1S/C22H19P/c1-4-12-20(13-5-1)14-10-11-19-23(21-15-6-2-7-16-21)22-17-8-3-9-18-22/h1-19H/b14-10-,19-11+. The van der Waals surface area contributed by atoms with Crippen molar-refractivity contribution in [1.82, 2.24) is 0 Å². The molecule has 0 aliphatic rings. The molecule has 0 atom stereocenters. The zero-order valence-corrected chi connectivity index (χ0v) is 13.8. The highest BCUT2D eigenvalue weighted by Crippen LogP contribution is 2.34. The second-order valence-corrected chi connectivity index (χ2v) is 7.22. The molecule has 0 radical (unpaired) electrons. The average molecular weight is 314 g/mol. The van der Waals surface area contributed by atoms with E-state index in [1.807, 2.05) is 6.07 Å². The molecular weight excluding hydrogens is 295 g/mol. The highest BCUT2D eigenvalue weighted by atomic mass is 31.1. The van der Waals surface area contributed by atoms with Crippen molar-refractivity contribution in [2.45, 2.75) is 0 Å². The Morgan fingerprint density at radius 1 is 0.522 bits per heavy atom. The molecular formula is C22H19P. The van der Waals surface area contributed by atoms with Gasteiger partial charge in [-0.1, -0.05) is 115 Å². The molecule has 0 nitrogen and oxygen atoms in total. The van der Waals surface area contributed by atoms with Crippen LogP contribution in [0.25, 0.3) is 6.08 Å². The molecule has 3 rings (SSSR count). The Balaban J connectivity index is 1.82. The molecule has 0 bridgehead atoms. The summed E-state index contributed by atoms with van der Waals surface area (Å²) < 4.78 is 0. The molecule has 0 unspecified atom stereocenters. The number of benzene rings is 3. The van der Waals surface area contributed by atoms with E-state index in [4.69, 9.17) is 0 Å². The zero-order valence-electron chi connectivity index (χ0n) is 12.9. The lowest BCUT2D eigenvalue weighted by Crippen LogP contribution is -2.09. The molecule has 0 saturated heterocycles. The van der Waals surface area contributed by atoms with Crippen molar-refractivity contribution < 1.29 is 0 Å². The molecule has 0 aliphatic heterocycles. The van der Waals surface area contributed by atoms with Gasteiger partial charge < -0.3 is 0 Å². The maximum Gasteiger partial charge on any atom is -0.0157 e. The van der Waals surface area contributed by atoms with Crippen LogP contribution in [0.15, 0.2) is 109 Å². The van der Waals surface area contributed by atoms with Crippen LogP contribution in [-0.4, -0.2) is 0 Å². The Labute approximate surface area is 139 Å². The summed E-state index contributed by atoms with van der Waals surface area (Å²) in [5, 5.41) is 2.75. The van der Waals surface area contributed by atoms with E-state index in [0.717, 1.165) is 0 Å². The van der Waals surface area contributed by atoms with E-state index in [9.17, 15) is 0 Å². The van der Waals surface area contributed by atoms with Gasteiger partial charge in [0.15, 0.2) is 0 Å². The van der Waals surface area contributed by atoms with Gasteiger partial charge in [0.1, 0.15) is 0 Å². The van der Waals surface area contributed by atoms with E-state index in [1.165, 1.54) is 16.2 Å². The van der Waals surface area contributed by atoms with Crippen LogP contribution in [-0.2, 0) is 0 Å². The first kappa shape index (κ1) is 15.5. The Morgan fingerprint density at radius 2 is 1.00 bits per heavy atom. The van der Waals surface area contributed by atoms with Crippen molar-refractivity contribution in [3.63, 3.8) is 0 Å². The van der Waals surface area contributed by atoms with Gasteiger partial charge in [0.2, 0.25) is 0 Å². The summed E-state index contributed by atoms with van der Waals surface area (Å²) in [5.41, 5.74) is 1.22. The van der Waals surface area contributed by atoms with Crippen molar-refractivity contribution in [3.05, 3.63) is 115 Å². The van der Waals surface area contributed by atoms with Crippen LogP contribution in [0.3, 0.4) is 0 Å². The van der Waals surface area contributed by atoms with Gasteiger partial charge in [-0.2, -0.15) is 0 Å². The molecule has 23 heavy (non-hydrogen) atoms. The fourth-order valence-electron chi connectivity index (χ4n) is 2.36. The van der Waals surface area contributed by atoms with Gasteiger partial charge in [0, 0.05) is 0 Å². The van der Waals surface area contributed by atoms with Crippen LogP contribution < -0.4 is 10.6 Å². The minimum Gasteiger partial charge on any atom is -0.0622 e. The van der Waals surface area contributed by atoms with E-state index < -0.39 is 7.92 Å². The molecule has 0 spiro atoms. The zero-order chi connectivity index (χ0) is 15.7. The predicted octanol–water partition coefficient (Wildman–Crippen LogP) is 5.35. The van der Waals surface area contributed by atoms with Crippen LogP contribution in [0.4, 0.5) is 0 Å². The number of rotatable bonds is 5. The first-order chi connectivity index (χ1) is 11.4. The summed E-state index contributed by atoms with van der Waals surface area (Å²) in [4.78, 5) is 0. The highest BCUT2D eigenvalue weighted by molar-refractivity contribution is 7.75. The molecule has 0 fully saturated rings. The van der Waals surface area contributed by atoms with Crippen LogP contribution in [0, 0.1) is 0 Å². The monoisotopic (exact) mass is 314 g/mol. The average Bonchev–Trinajstić information content (AvgIpc) is 2.64. The topological polar surface area (TPSA) is 0 Å². The van der Waals surface area contributed by atoms with Crippen molar-refractivity contribution in [2.24, 2.45) is 0 Å². The fraction of sp³-hybridized carbons (Fsp3) is 0. The molecule has 0 heterocycles. The Hall–Kier alpha value is -2.43. The summed E-state index contributed by atoms with van der Waals surface area (Å²) >= 11 is 0. The second-order valence-electron chi connectivity index (χ2n) is 5.15. The van der Waals surface area contributed by atoms with Crippen LogP contribution in [0.5, 0.6) is 0 Å². The smallest absolute Gasteiger partial charge is 0.0157 e. The fourth-order valence-corrected chi connectivity index (χ4v) is 4.27. The second kappa shape index (κ2) is 8.27. The molecule has 3 aromatic carbocycles. The Bertz CT molecular complexity index is 719. The quantitative estimate of drug-likeness (QED) is 0.440. The Morgan fingerprint density at radius 3 is 1.52 bits per heavy atom. The maximum atomic E-state index is 2.32. The molecule has 3 aromatic rings. The lowest BCUT2D eigenvalue weighted by molar-refractivity contribution is 1.66. The third-order valence-corrected chi connectivity index (χ3v) is 5.68. The first-order valence-corrected chi connectivity index (χ1v) is 9.14. The third-order valence-electron chi connectivity index (χ3n) is 3.50. The SMILES string of the molecule is C(=C/c1ccccc1)/C=C/P(c1ccccc1)c1ccccc1. The largest absolute Gasteiger partial charge is 0.0622 e. The highest BCUT2D eigenvalue weighted by Gasteiger charge is 2.08. The number of hydrogen-bond donors (Lipinski definition) is 0. The van der Waals surface area contributed by atoms with Gasteiger partial charge in [0.05, 0.1) is 0 Å². The molecule has 0 amide bonds. The van der Waals surface area contributed by atoms with Gasteiger partial charge in [-0.3, -0.25) is 0 Å². The summed E-state index contributed by atoms with van der Waals surface area (Å²) in [5.74, 6) is 2.32. The van der Waals surface area contributed by atoms with Crippen molar-refractivity contribution in [2.75, 3.05) is 0 Å². The predicted molar refractivity (Wildman–Crippen MR) is 104 cm³/mol. The maximum absolute atomic E-state index is 2.32. The molecule has 0 saturated carbocycles. The van der Waals surface area contributed by atoms with E-state index in [0.29, 0.717) is 0 Å². The van der Waals surface area contributed by atoms with E-state index in [-0.39, 0.29) is 0 Å². The minimum absolute atomic E-state index is 0.463. The minimum atomic E-state index is -0.463. The van der Waals surface area contributed by atoms with Gasteiger partial charge in [0.25, 0.3) is 0 Å². The van der Waals surface area contributed by atoms with E-state index >= 15 is 0 Å². The van der Waals surface area contributed by atoms with Crippen molar-refractivity contribution >= 4 is 24.6 Å². The lowest BCUT2D eigenvalue weighted by Gasteiger charge is -2.13. The molecule has 0 aliphatic carbocycles. The molecule has 112 valence electrons. The van der Waals surface area contributed by atoms with Crippen molar-refractivity contribution in [3.8, 4) is 0 Å². The van der Waals surface area contributed by atoms with Crippen molar-refractivity contribution in [1.29, 1.82) is 0 Å². The van der Waals surface area contributed by atoms with Gasteiger partial charge in [-0.15, -0.1) is 0 Å². The molecule has 0 N–H and O–H groups in total. The number of hydrogen-bond acceptors (Lipinski definition) is 0. The Kier molecular flexibility index (Phi) is 5.56. The third kappa shape index (κ3) is 4.52. The molecule has 0 aromatic heterocycles. The van der Waals surface area contributed by atoms with Crippen LogP contribution >= 0.6 is 7.92 Å². The normalized spacial score (nSPS) is 11.5. The summed E-state index contributed by atoms with van der Waals surface area (Å²) in [6.45, 7) is 0. The van der Waals surface area contributed by atoms with Gasteiger partial charge >= 0.3 is 0 Å². The number of allylic oxidation sites excluding steroid dienone is 2. The summed E-state index contributed by atoms with van der Waals surface area (Å²) in [6.07, 6.45) is 6.43. The van der Waals surface area contributed by atoms with Gasteiger partial charge in [-0.25, -0.2) is 0 Å².